The molecule has 0 amide bonds. The van der Waals surface area contributed by atoms with E-state index in [2.05, 4.69) is 9.97 Å². The average Bonchev–Trinajstić information content (AvgIpc) is 2.59. The van der Waals surface area contributed by atoms with E-state index in [1.807, 2.05) is 12.1 Å². The first-order valence-electron chi connectivity index (χ1n) is 7.48. The number of nitrogens with zero attached hydrogens (tertiary/aromatic N) is 3. The number of anilines is 2. The Morgan fingerprint density at radius 1 is 1.15 bits per heavy atom. The summed E-state index contributed by atoms with van der Waals surface area (Å²) in [6.45, 7) is 0.148. The molecule has 0 saturated heterocycles. The van der Waals surface area contributed by atoms with Crippen LogP contribution < -0.4 is 16.2 Å². The van der Waals surface area contributed by atoms with Gasteiger partial charge in [0.1, 0.15) is 35.6 Å². The van der Waals surface area contributed by atoms with Crippen LogP contribution in [0.25, 0.3) is 11.3 Å². The second-order valence-electron chi connectivity index (χ2n) is 5.36. The van der Waals surface area contributed by atoms with Crippen LogP contribution in [0.4, 0.5) is 16.2 Å². The minimum Gasteiger partial charge on any atom is -0.488 e. The fourth-order valence-electron chi connectivity index (χ4n) is 2.40. The lowest BCUT2D eigenvalue weighted by atomic mass is 10.1. The summed E-state index contributed by atoms with van der Waals surface area (Å²) in [7, 11) is 0. The molecule has 0 fully saturated rings. The van der Waals surface area contributed by atoms with Crippen LogP contribution in [0.15, 0.2) is 42.5 Å². The van der Waals surface area contributed by atoms with E-state index in [-0.39, 0.29) is 35.4 Å². The van der Waals surface area contributed by atoms with Gasteiger partial charge in [-0.05, 0) is 29.8 Å². The summed E-state index contributed by atoms with van der Waals surface area (Å²) in [5, 5.41) is 9.92. The van der Waals surface area contributed by atoms with Gasteiger partial charge in [-0.2, -0.15) is 10.2 Å². The molecule has 0 unspecified atom stereocenters. The molecule has 0 spiro atoms. The highest BCUT2D eigenvalue weighted by molar-refractivity contribution is 6.30. The number of benzene rings is 2. The highest BCUT2D eigenvalue weighted by Gasteiger charge is 2.18. The molecule has 2 aromatic carbocycles. The second-order valence-corrected chi connectivity index (χ2v) is 5.80. The van der Waals surface area contributed by atoms with E-state index in [0.29, 0.717) is 10.6 Å². The number of halogens is 2. The van der Waals surface area contributed by atoms with Gasteiger partial charge in [-0.25, -0.2) is 9.37 Å². The summed E-state index contributed by atoms with van der Waals surface area (Å²) in [6, 6.07) is 12.9. The Bertz CT molecular complexity index is 1020. The zero-order chi connectivity index (χ0) is 18.7. The molecule has 0 aliphatic heterocycles. The summed E-state index contributed by atoms with van der Waals surface area (Å²) in [5.74, 6) is -0.455. The van der Waals surface area contributed by atoms with Crippen LogP contribution in [-0.4, -0.2) is 9.97 Å². The Hall–Kier alpha value is -3.37. The van der Waals surface area contributed by atoms with Crippen LogP contribution in [0.1, 0.15) is 11.1 Å². The van der Waals surface area contributed by atoms with Crippen LogP contribution >= 0.6 is 11.6 Å². The SMILES string of the molecule is N#Cc1c(N)nc(N)nc1-c1ccc(F)cc1OCc1cccc(Cl)c1. The standard InChI is InChI=1S/C18H13ClFN5O/c19-11-3-1-2-10(6-11)9-26-15-7-12(20)4-5-13(15)16-14(8-21)17(22)25-18(23)24-16/h1-7H,9H2,(H4,22,23,24,25). The van der Waals surface area contributed by atoms with E-state index in [9.17, 15) is 9.65 Å². The largest absolute Gasteiger partial charge is 0.488 e. The predicted octanol–water partition coefficient (Wildman–Crippen LogP) is 3.55. The zero-order valence-corrected chi connectivity index (χ0v) is 14.2. The number of ether oxygens (including phenoxy) is 1. The molecule has 0 bridgehead atoms. The summed E-state index contributed by atoms with van der Waals surface area (Å²) in [4.78, 5) is 7.85. The first-order chi connectivity index (χ1) is 12.5. The Morgan fingerprint density at radius 3 is 2.69 bits per heavy atom. The van der Waals surface area contributed by atoms with Crippen molar-refractivity contribution in [3.63, 3.8) is 0 Å². The van der Waals surface area contributed by atoms with E-state index in [4.69, 9.17) is 27.8 Å². The molecule has 1 heterocycles. The minimum absolute atomic E-state index is 0.0402. The van der Waals surface area contributed by atoms with Crippen LogP contribution in [0, 0.1) is 17.1 Å². The van der Waals surface area contributed by atoms with Crippen molar-refractivity contribution in [3.8, 4) is 23.1 Å². The van der Waals surface area contributed by atoms with Crippen molar-refractivity contribution in [2.75, 3.05) is 11.5 Å². The zero-order valence-electron chi connectivity index (χ0n) is 13.4. The van der Waals surface area contributed by atoms with Gasteiger partial charge in [0.25, 0.3) is 0 Å². The van der Waals surface area contributed by atoms with Gasteiger partial charge in [0.15, 0.2) is 0 Å². The number of hydrogen-bond acceptors (Lipinski definition) is 6. The maximum atomic E-state index is 13.7. The maximum Gasteiger partial charge on any atom is 0.222 e. The summed E-state index contributed by atoms with van der Waals surface area (Å²) < 4.78 is 19.5. The van der Waals surface area contributed by atoms with Crippen molar-refractivity contribution in [1.29, 1.82) is 5.26 Å². The first kappa shape index (κ1) is 17.5. The van der Waals surface area contributed by atoms with E-state index < -0.39 is 5.82 Å². The molecule has 0 atom stereocenters. The summed E-state index contributed by atoms with van der Waals surface area (Å²) in [5.41, 5.74) is 12.8. The number of hydrogen-bond donors (Lipinski definition) is 2. The van der Waals surface area contributed by atoms with Gasteiger partial charge >= 0.3 is 0 Å². The van der Waals surface area contributed by atoms with Crippen LogP contribution in [0.5, 0.6) is 5.75 Å². The van der Waals surface area contributed by atoms with Crippen LogP contribution in [0.2, 0.25) is 5.02 Å². The van der Waals surface area contributed by atoms with Crippen LogP contribution in [0.3, 0.4) is 0 Å². The molecule has 6 nitrogen and oxygen atoms in total. The smallest absolute Gasteiger partial charge is 0.222 e. The molecule has 0 aliphatic carbocycles. The van der Waals surface area contributed by atoms with Gasteiger partial charge < -0.3 is 16.2 Å². The topological polar surface area (TPSA) is 111 Å². The number of nitriles is 1. The lowest BCUT2D eigenvalue weighted by Crippen LogP contribution is -2.06. The van der Waals surface area contributed by atoms with Crippen molar-refractivity contribution in [3.05, 3.63) is 64.4 Å². The molecular weight excluding hydrogens is 357 g/mol. The molecule has 26 heavy (non-hydrogen) atoms. The average molecular weight is 370 g/mol. The van der Waals surface area contributed by atoms with Gasteiger partial charge in [0.2, 0.25) is 5.95 Å². The fourth-order valence-corrected chi connectivity index (χ4v) is 2.61. The Morgan fingerprint density at radius 2 is 1.96 bits per heavy atom. The molecule has 0 aliphatic rings. The molecule has 4 N–H and O–H groups in total. The number of nitrogens with two attached hydrogens (primary N) is 2. The molecule has 3 aromatic rings. The monoisotopic (exact) mass is 369 g/mol. The number of nitrogen functional groups attached to an aromatic ring is 2. The van der Waals surface area contributed by atoms with Gasteiger partial charge in [0, 0.05) is 16.7 Å². The molecular formula is C18H13ClFN5O. The highest BCUT2D eigenvalue weighted by atomic mass is 35.5. The minimum atomic E-state index is -0.497. The van der Waals surface area contributed by atoms with E-state index in [0.717, 1.165) is 5.56 Å². The van der Waals surface area contributed by atoms with Crippen molar-refractivity contribution in [1.82, 2.24) is 9.97 Å². The van der Waals surface area contributed by atoms with E-state index >= 15 is 0 Å². The third-order valence-corrected chi connectivity index (χ3v) is 3.78. The third-order valence-electron chi connectivity index (χ3n) is 3.55. The molecule has 0 radical (unpaired) electrons. The Kier molecular flexibility index (Phi) is 4.87. The maximum absolute atomic E-state index is 13.7. The van der Waals surface area contributed by atoms with Crippen molar-refractivity contribution in [2.24, 2.45) is 0 Å². The molecule has 1 aromatic heterocycles. The van der Waals surface area contributed by atoms with Gasteiger partial charge in [-0.3, -0.25) is 0 Å². The normalized spacial score (nSPS) is 10.3. The first-order valence-corrected chi connectivity index (χ1v) is 7.86. The van der Waals surface area contributed by atoms with Crippen molar-refractivity contribution >= 4 is 23.4 Å². The number of rotatable bonds is 4. The fraction of sp³-hybridized carbons (Fsp3) is 0.0556. The molecule has 0 saturated carbocycles. The highest BCUT2D eigenvalue weighted by Crippen LogP contribution is 2.34. The molecule has 3 rings (SSSR count). The lowest BCUT2D eigenvalue weighted by Gasteiger charge is -2.13. The van der Waals surface area contributed by atoms with Crippen LogP contribution in [-0.2, 0) is 6.61 Å². The van der Waals surface area contributed by atoms with Crippen molar-refractivity contribution in [2.45, 2.75) is 6.61 Å². The Labute approximate surface area is 153 Å². The lowest BCUT2D eigenvalue weighted by molar-refractivity contribution is 0.306. The molecule has 8 heteroatoms. The summed E-state index contributed by atoms with van der Waals surface area (Å²) in [6.07, 6.45) is 0. The molecule has 130 valence electrons. The van der Waals surface area contributed by atoms with Crippen molar-refractivity contribution < 1.29 is 9.13 Å². The number of aromatic nitrogens is 2. The Balaban J connectivity index is 2.03. The summed E-state index contributed by atoms with van der Waals surface area (Å²) >= 11 is 5.96. The van der Waals surface area contributed by atoms with E-state index in [1.165, 1.54) is 18.2 Å². The van der Waals surface area contributed by atoms with Gasteiger partial charge in [0.05, 0.1) is 5.69 Å². The second kappa shape index (κ2) is 7.25. The van der Waals surface area contributed by atoms with E-state index in [1.54, 1.807) is 18.2 Å². The quantitative estimate of drug-likeness (QED) is 0.727. The van der Waals surface area contributed by atoms with Gasteiger partial charge in [-0.15, -0.1) is 0 Å². The third kappa shape index (κ3) is 3.66. The van der Waals surface area contributed by atoms with Gasteiger partial charge in [-0.1, -0.05) is 23.7 Å². The predicted molar refractivity (Wildman–Crippen MR) is 96.7 cm³/mol.